The lowest BCUT2D eigenvalue weighted by Gasteiger charge is -2.15. The molecule has 2 aromatic rings. The van der Waals surface area contributed by atoms with Gasteiger partial charge in [-0.25, -0.2) is 9.59 Å². The molecule has 0 aliphatic heterocycles. The van der Waals surface area contributed by atoms with Gasteiger partial charge in [0.2, 0.25) is 0 Å². The molecule has 1 heterocycles. The highest BCUT2D eigenvalue weighted by Gasteiger charge is 2.20. The monoisotopic (exact) mass is 410 g/mol. The van der Waals surface area contributed by atoms with Crippen LogP contribution in [-0.4, -0.2) is 31.3 Å². The number of ether oxygens (including phenoxy) is 3. The third-order valence-electron chi connectivity index (χ3n) is 4.15. The van der Waals surface area contributed by atoms with Crippen molar-refractivity contribution in [2.45, 2.75) is 46.6 Å². The standard InChI is InChI=1S/C20H23ClO7/c1-5-25-18(22)8-7-13-11(3)14-9-15(21)17(10-16(14)28-20(13)24)27-12(4)19(23)26-6-2/h9-10,12H,5-8H2,1-4H3/t12-/m0/s1. The van der Waals surface area contributed by atoms with Gasteiger partial charge in [0.1, 0.15) is 11.3 Å². The number of rotatable bonds is 8. The summed E-state index contributed by atoms with van der Waals surface area (Å²) in [6, 6.07) is 3.08. The molecule has 0 aliphatic rings. The minimum absolute atomic E-state index is 0.0803. The normalized spacial score (nSPS) is 11.9. The van der Waals surface area contributed by atoms with Gasteiger partial charge in [0, 0.05) is 23.4 Å². The first-order chi connectivity index (χ1) is 13.3. The summed E-state index contributed by atoms with van der Waals surface area (Å²) in [5.41, 5.74) is 0.798. The maximum absolute atomic E-state index is 12.4. The van der Waals surface area contributed by atoms with Crippen LogP contribution in [0.4, 0.5) is 0 Å². The molecule has 2 rings (SSSR count). The van der Waals surface area contributed by atoms with Crippen molar-refractivity contribution in [1.82, 2.24) is 0 Å². The first-order valence-electron chi connectivity index (χ1n) is 9.03. The predicted octanol–water partition coefficient (Wildman–Crippen LogP) is 3.58. The number of halogens is 1. The molecule has 0 fully saturated rings. The zero-order valence-electron chi connectivity index (χ0n) is 16.3. The van der Waals surface area contributed by atoms with E-state index in [1.807, 2.05) is 0 Å². The summed E-state index contributed by atoms with van der Waals surface area (Å²) >= 11 is 6.29. The average molecular weight is 411 g/mol. The van der Waals surface area contributed by atoms with Crippen molar-refractivity contribution in [2.24, 2.45) is 0 Å². The fourth-order valence-electron chi connectivity index (χ4n) is 2.73. The van der Waals surface area contributed by atoms with Gasteiger partial charge in [0.15, 0.2) is 6.10 Å². The van der Waals surface area contributed by atoms with Gasteiger partial charge in [-0.2, -0.15) is 0 Å². The zero-order valence-corrected chi connectivity index (χ0v) is 17.1. The molecular weight excluding hydrogens is 388 g/mol. The Balaban J connectivity index is 2.34. The molecule has 8 heteroatoms. The van der Waals surface area contributed by atoms with Crippen LogP contribution in [0.15, 0.2) is 21.3 Å². The fraction of sp³-hybridized carbons (Fsp3) is 0.450. The van der Waals surface area contributed by atoms with Crippen LogP contribution in [0.3, 0.4) is 0 Å². The van der Waals surface area contributed by atoms with Gasteiger partial charge in [-0.3, -0.25) is 4.79 Å². The summed E-state index contributed by atoms with van der Waals surface area (Å²) in [6.07, 6.45) is -0.582. The Hall–Kier alpha value is -2.54. The van der Waals surface area contributed by atoms with Crippen LogP contribution in [0.25, 0.3) is 11.0 Å². The van der Waals surface area contributed by atoms with Crippen LogP contribution in [-0.2, 0) is 25.5 Å². The summed E-state index contributed by atoms with van der Waals surface area (Å²) in [6.45, 7) is 7.24. The molecule has 0 bridgehead atoms. The molecule has 0 spiro atoms. The van der Waals surface area contributed by atoms with E-state index in [-0.39, 0.29) is 48.4 Å². The smallest absolute Gasteiger partial charge is 0.347 e. The van der Waals surface area contributed by atoms with Crippen molar-refractivity contribution in [2.75, 3.05) is 13.2 Å². The van der Waals surface area contributed by atoms with E-state index in [0.717, 1.165) is 0 Å². The second-order valence-corrected chi connectivity index (χ2v) is 6.50. The quantitative estimate of drug-likeness (QED) is 0.485. The van der Waals surface area contributed by atoms with Gasteiger partial charge >= 0.3 is 17.6 Å². The van der Waals surface area contributed by atoms with Gasteiger partial charge in [-0.05, 0) is 45.7 Å². The highest BCUT2D eigenvalue weighted by Crippen LogP contribution is 2.32. The van der Waals surface area contributed by atoms with Crippen molar-refractivity contribution < 1.29 is 28.2 Å². The number of hydrogen-bond donors (Lipinski definition) is 0. The fourth-order valence-corrected chi connectivity index (χ4v) is 2.94. The lowest BCUT2D eigenvalue weighted by atomic mass is 10.0. The van der Waals surface area contributed by atoms with Crippen LogP contribution in [0.1, 0.15) is 38.3 Å². The van der Waals surface area contributed by atoms with Crippen LogP contribution >= 0.6 is 11.6 Å². The summed E-state index contributed by atoms with van der Waals surface area (Å²) in [7, 11) is 0. The maximum Gasteiger partial charge on any atom is 0.347 e. The number of carbonyl (C=O) groups is 2. The maximum atomic E-state index is 12.4. The zero-order chi connectivity index (χ0) is 20.8. The highest BCUT2D eigenvalue weighted by atomic mass is 35.5. The Morgan fingerprint density at radius 3 is 2.50 bits per heavy atom. The summed E-state index contributed by atoms with van der Waals surface area (Å²) in [4.78, 5) is 35.7. The summed E-state index contributed by atoms with van der Waals surface area (Å²) in [5, 5.41) is 0.886. The third-order valence-corrected chi connectivity index (χ3v) is 4.44. The van der Waals surface area contributed by atoms with Gasteiger partial charge in [-0.15, -0.1) is 0 Å². The van der Waals surface area contributed by atoms with Crippen LogP contribution in [0.2, 0.25) is 5.02 Å². The van der Waals surface area contributed by atoms with Crippen LogP contribution in [0.5, 0.6) is 5.75 Å². The molecule has 0 saturated carbocycles. The molecule has 1 aromatic carbocycles. The number of hydrogen-bond acceptors (Lipinski definition) is 7. The van der Waals surface area contributed by atoms with E-state index in [0.29, 0.717) is 16.5 Å². The lowest BCUT2D eigenvalue weighted by Crippen LogP contribution is -2.26. The highest BCUT2D eigenvalue weighted by molar-refractivity contribution is 6.32. The Kier molecular flexibility index (Phi) is 7.45. The molecule has 7 nitrogen and oxygen atoms in total. The van der Waals surface area contributed by atoms with Gasteiger partial charge in [-0.1, -0.05) is 11.6 Å². The Morgan fingerprint density at radius 2 is 1.86 bits per heavy atom. The number of fused-ring (bicyclic) bond motifs is 1. The molecule has 0 saturated heterocycles. The van der Waals surface area contributed by atoms with E-state index in [1.54, 1.807) is 33.8 Å². The third kappa shape index (κ3) is 5.04. The molecular formula is C20H23ClO7. The van der Waals surface area contributed by atoms with Crippen molar-refractivity contribution in [3.63, 3.8) is 0 Å². The van der Waals surface area contributed by atoms with Crippen molar-refractivity contribution in [1.29, 1.82) is 0 Å². The largest absolute Gasteiger partial charge is 0.477 e. The minimum Gasteiger partial charge on any atom is -0.477 e. The first-order valence-corrected chi connectivity index (χ1v) is 9.41. The molecule has 0 unspecified atom stereocenters. The molecule has 152 valence electrons. The number of esters is 2. The Labute approximate surface area is 167 Å². The molecule has 0 amide bonds. The van der Waals surface area contributed by atoms with E-state index in [2.05, 4.69) is 0 Å². The molecule has 28 heavy (non-hydrogen) atoms. The van der Waals surface area contributed by atoms with Gasteiger partial charge < -0.3 is 18.6 Å². The SMILES string of the molecule is CCOC(=O)CCc1c(C)c2cc(Cl)c(O[C@@H](C)C(=O)OCC)cc2oc1=O. The van der Waals surface area contributed by atoms with E-state index in [1.165, 1.54) is 6.07 Å². The molecule has 0 aliphatic carbocycles. The number of benzene rings is 1. The topological polar surface area (TPSA) is 92.0 Å². The van der Waals surface area contributed by atoms with E-state index in [9.17, 15) is 14.4 Å². The second-order valence-electron chi connectivity index (χ2n) is 6.09. The number of aryl methyl sites for hydroxylation is 1. The predicted molar refractivity (Wildman–Crippen MR) is 104 cm³/mol. The van der Waals surface area contributed by atoms with E-state index in [4.69, 9.17) is 30.2 Å². The molecule has 0 radical (unpaired) electrons. The second kappa shape index (κ2) is 9.59. The minimum atomic E-state index is -0.869. The Morgan fingerprint density at radius 1 is 1.18 bits per heavy atom. The van der Waals surface area contributed by atoms with Crippen LogP contribution < -0.4 is 10.4 Å². The first kappa shape index (κ1) is 21.8. The van der Waals surface area contributed by atoms with E-state index >= 15 is 0 Å². The van der Waals surface area contributed by atoms with Crippen molar-refractivity contribution >= 4 is 34.5 Å². The average Bonchev–Trinajstić information content (AvgIpc) is 2.63. The van der Waals surface area contributed by atoms with Crippen molar-refractivity contribution in [3.05, 3.63) is 38.7 Å². The Bertz CT molecular complexity index is 932. The summed E-state index contributed by atoms with van der Waals surface area (Å²) < 4.78 is 20.7. The summed E-state index contributed by atoms with van der Waals surface area (Å²) in [5.74, 6) is -0.696. The van der Waals surface area contributed by atoms with Gasteiger partial charge in [0.05, 0.1) is 18.2 Å². The molecule has 1 atom stereocenters. The number of carbonyl (C=O) groups excluding carboxylic acids is 2. The molecule has 1 aromatic heterocycles. The van der Waals surface area contributed by atoms with Crippen molar-refractivity contribution in [3.8, 4) is 5.75 Å². The van der Waals surface area contributed by atoms with Gasteiger partial charge in [0.25, 0.3) is 0 Å². The van der Waals surface area contributed by atoms with E-state index < -0.39 is 17.7 Å². The van der Waals surface area contributed by atoms with Crippen LogP contribution in [0, 0.1) is 6.92 Å². The molecule has 0 N–H and O–H groups in total. The lowest BCUT2D eigenvalue weighted by molar-refractivity contribution is -0.150.